The average Bonchev–Trinajstić information content (AvgIpc) is 2.78. The normalized spacial score (nSPS) is 23.7. The molecule has 0 saturated carbocycles. The van der Waals surface area contributed by atoms with Gasteiger partial charge in [0.15, 0.2) is 0 Å². The van der Waals surface area contributed by atoms with Crippen molar-refractivity contribution in [3.05, 3.63) is 11.3 Å². The summed E-state index contributed by atoms with van der Waals surface area (Å²) in [4.78, 5) is 4.55. The molecule has 0 aliphatic carbocycles. The molecule has 1 aromatic heterocycles. The standard InChI is InChI=1S/C13H21N5/c1-9-7-18(8-12(9)16(3)4)13-11(6-14)10(2)15-17(13)5/h9,12H,7-8H2,1-5H3. The molecule has 2 rings (SSSR count). The summed E-state index contributed by atoms with van der Waals surface area (Å²) in [6.07, 6.45) is 0. The van der Waals surface area contributed by atoms with Gasteiger partial charge in [0, 0.05) is 26.2 Å². The van der Waals surface area contributed by atoms with Crippen LogP contribution in [0.2, 0.25) is 0 Å². The van der Waals surface area contributed by atoms with Gasteiger partial charge < -0.3 is 9.80 Å². The van der Waals surface area contributed by atoms with E-state index in [0.29, 0.717) is 17.5 Å². The Morgan fingerprint density at radius 2 is 2.06 bits per heavy atom. The second-order valence-electron chi connectivity index (χ2n) is 5.43. The first-order valence-electron chi connectivity index (χ1n) is 6.30. The lowest BCUT2D eigenvalue weighted by Crippen LogP contribution is -2.34. The Morgan fingerprint density at radius 1 is 1.39 bits per heavy atom. The van der Waals surface area contributed by atoms with Gasteiger partial charge in [0.05, 0.1) is 5.69 Å². The third-order valence-electron chi connectivity index (χ3n) is 3.84. The summed E-state index contributed by atoms with van der Waals surface area (Å²) >= 11 is 0. The molecular formula is C13H21N5. The summed E-state index contributed by atoms with van der Waals surface area (Å²) in [7, 11) is 6.14. The minimum Gasteiger partial charge on any atom is -0.354 e. The number of rotatable bonds is 2. The fraction of sp³-hybridized carbons (Fsp3) is 0.692. The van der Waals surface area contributed by atoms with Crippen molar-refractivity contribution in [2.45, 2.75) is 19.9 Å². The zero-order chi connectivity index (χ0) is 13.4. The maximum absolute atomic E-state index is 9.27. The molecule has 1 aliphatic heterocycles. The van der Waals surface area contributed by atoms with E-state index in [-0.39, 0.29) is 0 Å². The largest absolute Gasteiger partial charge is 0.354 e. The Morgan fingerprint density at radius 3 is 2.56 bits per heavy atom. The Kier molecular flexibility index (Phi) is 3.31. The van der Waals surface area contributed by atoms with E-state index in [1.165, 1.54) is 0 Å². The fourth-order valence-electron chi connectivity index (χ4n) is 2.93. The molecule has 2 unspecified atom stereocenters. The topological polar surface area (TPSA) is 48.1 Å². The van der Waals surface area contributed by atoms with Crippen LogP contribution >= 0.6 is 0 Å². The van der Waals surface area contributed by atoms with Crippen molar-refractivity contribution in [1.82, 2.24) is 14.7 Å². The monoisotopic (exact) mass is 247 g/mol. The molecule has 2 heterocycles. The van der Waals surface area contributed by atoms with E-state index in [1.807, 2.05) is 18.7 Å². The number of nitriles is 1. The summed E-state index contributed by atoms with van der Waals surface area (Å²) < 4.78 is 1.83. The quantitative estimate of drug-likeness (QED) is 0.782. The van der Waals surface area contributed by atoms with Crippen molar-refractivity contribution >= 4 is 5.82 Å². The summed E-state index contributed by atoms with van der Waals surface area (Å²) in [5, 5.41) is 13.6. The van der Waals surface area contributed by atoms with Crippen molar-refractivity contribution in [2.75, 3.05) is 32.1 Å². The van der Waals surface area contributed by atoms with E-state index in [0.717, 1.165) is 24.6 Å². The summed E-state index contributed by atoms with van der Waals surface area (Å²) in [6.45, 7) is 6.10. The zero-order valence-corrected chi connectivity index (χ0v) is 11.8. The fourth-order valence-corrected chi connectivity index (χ4v) is 2.93. The summed E-state index contributed by atoms with van der Waals surface area (Å²) in [6, 6.07) is 2.82. The lowest BCUT2D eigenvalue weighted by atomic mass is 10.1. The highest BCUT2D eigenvalue weighted by Gasteiger charge is 2.34. The number of nitrogens with zero attached hydrogens (tertiary/aromatic N) is 5. The van der Waals surface area contributed by atoms with E-state index in [4.69, 9.17) is 0 Å². The van der Waals surface area contributed by atoms with Gasteiger partial charge in [-0.3, -0.25) is 4.68 Å². The molecule has 0 radical (unpaired) electrons. The molecule has 98 valence electrons. The molecule has 1 aliphatic rings. The molecule has 5 heteroatoms. The number of anilines is 1. The van der Waals surface area contributed by atoms with Gasteiger partial charge >= 0.3 is 0 Å². The number of hydrogen-bond donors (Lipinski definition) is 0. The molecule has 18 heavy (non-hydrogen) atoms. The molecule has 0 amide bonds. The Hall–Kier alpha value is -1.54. The van der Waals surface area contributed by atoms with Gasteiger partial charge in [0.25, 0.3) is 0 Å². The van der Waals surface area contributed by atoms with E-state index in [2.05, 4.69) is 42.0 Å². The highest BCUT2D eigenvalue weighted by atomic mass is 15.4. The van der Waals surface area contributed by atoms with Crippen LogP contribution in [0.5, 0.6) is 0 Å². The number of aryl methyl sites for hydroxylation is 2. The first-order chi connectivity index (χ1) is 8.45. The van der Waals surface area contributed by atoms with Crippen LogP contribution in [-0.4, -0.2) is 47.9 Å². The lowest BCUT2D eigenvalue weighted by Gasteiger charge is -2.23. The van der Waals surface area contributed by atoms with Gasteiger partial charge in [0.1, 0.15) is 17.5 Å². The molecule has 2 atom stereocenters. The Bertz CT molecular complexity index is 482. The first kappa shape index (κ1) is 12.9. The molecular weight excluding hydrogens is 226 g/mol. The van der Waals surface area contributed by atoms with Gasteiger partial charge in [-0.05, 0) is 26.9 Å². The van der Waals surface area contributed by atoms with Crippen molar-refractivity contribution in [3.63, 3.8) is 0 Å². The van der Waals surface area contributed by atoms with E-state index in [9.17, 15) is 5.26 Å². The molecule has 1 saturated heterocycles. The molecule has 1 fully saturated rings. The zero-order valence-electron chi connectivity index (χ0n) is 11.8. The number of likely N-dealkylation sites (N-methyl/N-ethyl adjacent to an activating group) is 1. The molecule has 0 N–H and O–H groups in total. The maximum Gasteiger partial charge on any atom is 0.145 e. The average molecular weight is 247 g/mol. The summed E-state index contributed by atoms with van der Waals surface area (Å²) in [5.74, 6) is 1.56. The highest BCUT2D eigenvalue weighted by molar-refractivity contribution is 5.57. The van der Waals surface area contributed by atoms with Crippen molar-refractivity contribution in [1.29, 1.82) is 5.26 Å². The second-order valence-corrected chi connectivity index (χ2v) is 5.43. The molecule has 5 nitrogen and oxygen atoms in total. The van der Waals surface area contributed by atoms with Gasteiger partial charge in [-0.1, -0.05) is 6.92 Å². The predicted octanol–water partition coefficient (Wildman–Crippen LogP) is 0.986. The maximum atomic E-state index is 9.27. The van der Waals surface area contributed by atoms with Crippen molar-refractivity contribution < 1.29 is 0 Å². The molecule has 0 bridgehead atoms. The van der Waals surface area contributed by atoms with E-state index >= 15 is 0 Å². The Balaban J connectivity index is 2.32. The van der Waals surface area contributed by atoms with Gasteiger partial charge in [-0.2, -0.15) is 10.4 Å². The highest BCUT2D eigenvalue weighted by Crippen LogP contribution is 2.29. The minimum atomic E-state index is 0.534. The number of hydrogen-bond acceptors (Lipinski definition) is 4. The van der Waals surface area contributed by atoms with Crippen molar-refractivity contribution in [2.24, 2.45) is 13.0 Å². The second kappa shape index (κ2) is 4.62. The van der Waals surface area contributed by atoms with Crippen LogP contribution in [0.3, 0.4) is 0 Å². The van der Waals surface area contributed by atoms with Crippen molar-refractivity contribution in [3.8, 4) is 6.07 Å². The van der Waals surface area contributed by atoms with Crippen LogP contribution in [-0.2, 0) is 7.05 Å². The van der Waals surface area contributed by atoms with Crippen LogP contribution in [0.25, 0.3) is 0 Å². The van der Waals surface area contributed by atoms with Gasteiger partial charge in [-0.15, -0.1) is 0 Å². The molecule has 1 aromatic rings. The SMILES string of the molecule is Cc1nn(C)c(N2CC(C)C(N(C)C)C2)c1C#N. The summed E-state index contributed by atoms with van der Waals surface area (Å²) in [5.41, 5.74) is 1.53. The van der Waals surface area contributed by atoms with E-state index in [1.54, 1.807) is 0 Å². The minimum absolute atomic E-state index is 0.534. The smallest absolute Gasteiger partial charge is 0.145 e. The number of aromatic nitrogens is 2. The van der Waals surface area contributed by atoms with Crippen LogP contribution in [0, 0.1) is 24.2 Å². The van der Waals surface area contributed by atoms with E-state index < -0.39 is 0 Å². The third kappa shape index (κ3) is 1.97. The first-order valence-corrected chi connectivity index (χ1v) is 6.30. The predicted molar refractivity (Wildman–Crippen MR) is 71.5 cm³/mol. The Labute approximate surface area is 109 Å². The molecule has 0 aromatic carbocycles. The van der Waals surface area contributed by atoms with Crippen LogP contribution in [0.15, 0.2) is 0 Å². The van der Waals surface area contributed by atoms with Crippen LogP contribution < -0.4 is 4.90 Å². The third-order valence-corrected chi connectivity index (χ3v) is 3.84. The molecule has 0 spiro atoms. The van der Waals surface area contributed by atoms with Crippen LogP contribution in [0.1, 0.15) is 18.2 Å². The lowest BCUT2D eigenvalue weighted by molar-refractivity contribution is 0.266. The van der Waals surface area contributed by atoms with Gasteiger partial charge in [0.2, 0.25) is 0 Å². The van der Waals surface area contributed by atoms with Gasteiger partial charge in [-0.25, -0.2) is 0 Å². The van der Waals surface area contributed by atoms with Crippen LogP contribution in [0.4, 0.5) is 5.82 Å².